The van der Waals surface area contributed by atoms with E-state index in [9.17, 15) is 19.8 Å². The van der Waals surface area contributed by atoms with Gasteiger partial charge in [-0.15, -0.1) is 11.8 Å². The molecule has 0 saturated heterocycles. The van der Waals surface area contributed by atoms with Gasteiger partial charge in [-0.3, -0.25) is 0 Å². The summed E-state index contributed by atoms with van der Waals surface area (Å²) < 4.78 is 5.16. The number of aliphatic carboxylic acids is 1. The standard InChI is InChI=1S/C21H21N3O5S2/c1-12-16(19(25)26)17(15-5-4-10-22-18(15)30-3)24(21(27)28)20(23-12)31-11-13-6-8-14(29-2)9-7-13/h4-10,17H,11H2,1-3H3,(H,25,26)(H,27,28). The molecule has 2 aromatic rings. The van der Waals surface area contributed by atoms with E-state index < -0.39 is 18.1 Å². The van der Waals surface area contributed by atoms with Crippen molar-refractivity contribution in [3.63, 3.8) is 0 Å². The van der Waals surface area contributed by atoms with Crippen molar-refractivity contribution in [2.75, 3.05) is 13.4 Å². The number of aliphatic imine (C=N–C) groups is 1. The predicted molar refractivity (Wildman–Crippen MR) is 121 cm³/mol. The van der Waals surface area contributed by atoms with Crippen molar-refractivity contribution in [2.24, 2.45) is 4.99 Å². The Morgan fingerprint density at radius 3 is 2.48 bits per heavy atom. The minimum Gasteiger partial charge on any atom is -0.497 e. The fourth-order valence-electron chi connectivity index (χ4n) is 3.21. The molecule has 1 unspecified atom stereocenters. The number of carboxylic acid groups (broad SMARTS) is 2. The molecular formula is C21H21N3O5S2. The molecule has 31 heavy (non-hydrogen) atoms. The third-order valence-corrected chi connectivity index (χ3v) is 6.39. The molecule has 0 spiro atoms. The summed E-state index contributed by atoms with van der Waals surface area (Å²) in [5.74, 6) is -0.0353. The lowest BCUT2D eigenvalue weighted by atomic mass is 9.96. The van der Waals surface area contributed by atoms with E-state index in [4.69, 9.17) is 4.74 Å². The van der Waals surface area contributed by atoms with Crippen LogP contribution in [0.1, 0.15) is 24.1 Å². The predicted octanol–water partition coefficient (Wildman–Crippen LogP) is 4.49. The Balaban J connectivity index is 2.03. The number of aromatic nitrogens is 1. The molecule has 1 aliphatic rings. The van der Waals surface area contributed by atoms with Gasteiger partial charge in [-0.2, -0.15) is 0 Å². The zero-order valence-electron chi connectivity index (χ0n) is 17.1. The van der Waals surface area contributed by atoms with Crippen molar-refractivity contribution in [3.05, 3.63) is 65.0 Å². The van der Waals surface area contributed by atoms with Gasteiger partial charge in [0.25, 0.3) is 0 Å². The van der Waals surface area contributed by atoms with Gasteiger partial charge >= 0.3 is 12.1 Å². The number of nitrogens with zero attached hydrogens (tertiary/aromatic N) is 3. The van der Waals surface area contributed by atoms with Crippen LogP contribution in [0, 0.1) is 0 Å². The van der Waals surface area contributed by atoms with Crippen LogP contribution >= 0.6 is 23.5 Å². The average molecular weight is 460 g/mol. The van der Waals surface area contributed by atoms with E-state index in [1.165, 1.54) is 23.5 Å². The van der Waals surface area contributed by atoms with Crippen molar-refractivity contribution in [1.29, 1.82) is 0 Å². The molecule has 1 atom stereocenters. The van der Waals surface area contributed by atoms with Crippen LogP contribution in [-0.2, 0) is 10.5 Å². The quantitative estimate of drug-likeness (QED) is 0.608. The summed E-state index contributed by atoms with van der Waals surface area (Å²) in [5, 5.41) is 20.7. The van der Waals surface area contributed by atoms with Crippen LogP contribution < -0.4 is 4.74 Å². The van der Waals surface area contributed by atoms with E-state index in [1.807, 2.05) is 30.5 Å². The SMILES string of the molecule is COc1ccc(CSC2=NC(C)=C(C(=O)O)C(c3cccnc3SC)N2C(=O)O)cc1. The number of amides is 1. The van der Waals surface area contributed by atoms with Crippen LogP contribution in [0.5, 0.6) is 5.75 Å². The zero-order valence-corrected chi connectivity index (χ0v) is 18.7. The molecule has 2 heterocycles. The first-order chi connectivity index (χ1) is 14.9. The molecule has 1 amide bonds. The molecule has 162 valence electrons. The number of pyridine rings is 1. The molecule has 0 fully saturated rings. The molecule has 0 radical (unpaired) electrons. The Morgan fingerprint density at radius 1 is 1.19 bits per heavy atom. The van der Waals surface area contributed by atoms with Crippen LogP contribution in [0.15, 0.2) is 63.9 Å². The number of hydrogen-bond acceptors (Lipinski definition) is 7. The van der Waals surface area contributed by atoms with Gasteiger partial charge in [0.2, 0.25) is 0 Å². The Hall–Kier alpha value is -2.98. The smallest absolute Gasteiger partial charge is 0.414 e. The third kappa shape index (κ3) is 4.86. The van der Waals surface area contributed by atoms with Crippen molar-refractivity contribution in [1.82, 2.24) is 9.88 Å². The highest BCUT2D eigenvalue weighted by Gasteiger charge is 2.40. The number of benzene rings is 1. The number of allylic oxidation sites excluding steroid dienone is 1. The van der Waals surface area contributed by atoms with Gasteiger partial charge in [0, 0.05) is 17.5 Å². The Morgan fingerprint density at radius 2 is 1.90 bits per heavy atom. The number of rotatable bonds is 6. The van der Waals surface area contributed by atoms with Crippen LogP contribution in [0.4, 0.5) is 4.79 Å². The van der Waals surface area contributed by atoms with E-state index in [-0.39, 0.29) is 16.4 Å². The van der Waals surface area contributed by atoms with Gasteiger partial charge in [-0.05, 0) is 36.9 Å². The highest BCUT2D eigenvalue weighted by atomic mass is 32.2. The number of hydrogen-bond donors (Lipinski definition) is 2. The average Bonchev–Trinajstić information content (AvgIpc) is 2.76. The van der Waals surface area contributed by atoms with Crippen molar-refractivity contribution >= 4 is 40.8 Å². The largest absolute Gasteiger partial charge is 0.497 e. The monoisotopic (exact) mass is 459 g/mol. The number of amidine groups is 1. The van der Waals surface area contributed by atoms with Gasteiger partial charge < -0.3 is 14.9 Å². The van der Waals surface area contributed by atoms with Crippen molar-refractivity contribution < 1.29 is 24.5 Å². The second-order valence-electron chi connectivity index (χ2n) is 6.49. The van der Waals surface area contributed by atoms with Gasteiger partial charge in [-0.1, -0.05) is 30.0 Å². The van der Waals surface area contributed by atoms with Crippen LogP contribution in [-0.4, -0.2) is 50.7 Å². The molecule has 10 heteroatoms. The third-order valence-electron chi connectivity index (χ3n) is 4.64. The molecule has 1 aromatic carbocycles. The molecular weight excluding hydrogens is 438 g/mol. The summed E-state index contributed by atoms with van der Waals surface area (Å²) in [5.41, 5.74) is 1.64. The number of ether oxygens (including phenoxy) is 1. The molecule has 1 aliphatic heterocycles. The maximum atomic E-state index is 12.3. The molecule has 8 nitrogen and oxygen atoms in total. The second kappa shape index (κ2) is 9.88. The first kappa shape index (κ1) is 22.7. The van der Waals surface area contributed by atoms with Gasteiger partial charge in [0.1, 0.15) is 16.8 Å². The molecule has 0 aliphatic carbocycles. The summed E-state index contributed by atoms with van der Waals surface area (Å²) >= 11 is 2.56. The van der Waals surface area contributed by atoms with E-state index >= 15 is 0 Å². The number of methoxy groups -OCH3 is 1. The lowest BCUT2D eigenvalue weighted by Crippen LogP contribution is -2.42. The summed E-state index contributed by atoms with van der Waals surface area (Å²) in [6, 6.07) is 9.73. The fraction of sp³-hybridized carbons (Fsp3) is 0.238. The molecule has 3 rings (SSSR count). The maximum Gasteiger partial charge on any atom is 0.414 e. The number of carboxylic acids is 1. The van der Waals surface area contributed by atoms with Crippen LogP contribution in [0.25, 0.3) is 0 Å². The van der Waals surface area contributed by atoms with Gasteiger partial charge in [0.15, 0.2) is 5.17 Å². The minimum absolute atomic E-state index is 0.0838. The van der Waals surface area contributed by atoms with Gasteiger partial charge in [0.05, 0.1) is 18.4 Å². The summed E-state index contributed by atoms with van der Waals surface area (Å²) in [6.07, 6.45) is 2.12. The Labute approximate surface area is 188 Å². The topological polar surface area (TPSA) is 112 Å². The number of thioether (sulfide) groups is 2. The lowest BCUT2D eigenvalue weighted by molar-refractivity contribution is -0.133. The molecule has 1 aromatic heterocycles. The second-order valence-corrected chi connectivity index (χ2v) is 8.23. The molecule has 0 bridgehead atoms. The molecule has 0 saturated carbocycles. The Kier molecular flexibility index (Phi) is 7.24. The van der Waals surface area contributed by atoms with E-state index in [2.05, 4.69) is 9.98 Å². The van der Waals surface area contributed by atoms with Crippen molar-refractivity contribution in [3.8, 4) is 5.75 Å². The van der Waals surface area contributed by atoms with E-state index in [0.717, 1.165) is 16.2 Å². The van der Waals surface area contributed by atoms with Gasteiger partial charge in [-0.25, -0.2) is 24.5 Å². The van der Waals surface area contributed by atoms with E-state index in [0.29, 0.717) is 16.3 Å². The first-order valence-corrected chi connectivity index (χ1v) is 11.4. The zero-order chi connectivity index (χ0) is 22.5. The molecule has 2 N–H and O–H groups in total. The number of carbonyl (C=O) groups is 2. The summed E-state index contributed by atoms with van der Waals surface area (Å²) in [7, 11) is 1.59. The van der Waals surface area contributed by atoms with Crippen molar-refractivity contribution in [2.45, 2.75) is 23.7 Å². The minimum atomic E-state index is -1.28. The lowest BCUT2D eigenvalue weighted by Gasteiger charge is -2.34. The van der Waals surface area contributed by atoms with Crippen LogP contribution in [0.2, 0.25) is 0 Å². The summed E-state index contributed by atoms with van der Waals surface area (Å²) in [6.45, 7) is 1.58. The highest BCUT2D eigenvalue weighted by molar-refractivity contribution is 8.13. The van der Waals surface area contributed by atoms with E-state index in [1.54, 1.807) is 32.4 Å². The van der Waals surface area contributed by atoms with Crippen LogP contribution in [0.3, 0.4) is 0 Å². The Bertz CT molecular complexity index is 1050. The fourth-order valence-corrected chi connectivity index (χ4v) is 4.80. The highest BCUT2D eigenvalue weighted by Crippen LogP contribution is 2.40. The first-order valence-electron chi connectivity index (χ1n) is 9.17. The maximum absolute atomic E-state index is 12.3. The normalized spacial score (nSPS) is 16.2. The summed E-state index contributed by atoms with van der Waals surface area (Å²) in [4.78, 5) is 34.0.